The van der Waals surface area contributed by atoms with E-state index in [1.807, 2.05) is 0 Å². The molecule has 0 aliphatic heterocycles. The van der Waals surface area contributed by atoms with Crippen molar-refractivity contribution in [2.75, 3.05) is 0 Å². The first-order chi connectivity index (χ1) is 14.6. The Kier molecular flexibility index (Phi) is 7.18. The van der Waals surface area contributed by atoms with Gasteiger partial charge in [0.25, 0.3) is 0 Å². The Labute approximate surface area is 191 Å². The first kappa shape index (κ1) is 24.0. The molecule has 0 aromatic carbocycles. The Bertz CT molecular complexity index is 703. The fourth-order valence-electron chi connectivity index (χ4n) is 8.90. The summed E-state index contributed by atoms with van der Waals surface area (Å²) in [4.78, 5) is 9.24. The molecular formula is C27H47O3P. The Morgan fingerprint density at radius 3 is 2.58 bits per heavy atom. The zero-order chi connectivity index (χ0) is 22.4. The van der Waals surface area contributed by atoms with E-state index in [2.05, 4.69) is 40.7 Å². The number of hydrogen-bond acceptors (Lipinski definition) is 2. The van der Waals surface area contributed by atoms with Gasteiger partial charge in [0.05, 0.1) is 6.10 Å². The lowest BCUT2D eigenvalue weighted by Crippen LogP contribution is -2.50. The van der Waals surface area contributed by atoms with Crippen LogP contribution in [0.25, 0.3) is 0 Å². The third-order valence-corrected chi connectivity index (χ3v) is 11.1. The van der Waals surface area contributed by atoms with E-state index in [0.29, 0.717) is 5.41 Å². The summed E-state index contributed by atoms with van der Waals surface area (Å²) in [6.07, 6.45) is 16.5. The minimum atomic E-state index is -2.84. The number of allylic oxidation sites excluding steroid dienone is 1. The molecule has 0 aromatic rings. The van der Waals surface area contributed by atoms with Gasteiger partial charge in [0.1, 0.15) is 0 Å². The highest BCUT2D eigenvalue weighted by molar-refractivity contribution is 7.32. The average molecular weight is 451 g/mol. The minimum Gasteiger partial charge on any atom is -0.326 e. The van der Waals surface area contributed by atoms with Crippen molar-refractivity contribution in [3.05, 3.63) is 11.6 Å². The van der Waals surface area contributed by atoms with Crippen molar-refractivity contribution in [1.82, 2.24) is 0 Å². The van der Waals surface area contributed by atoms with Gasteiger partial charge in [-0.2, -0.15) is 0 Å². The second kappa shape index (κ2) is 9.27. The lowest BCUT2D eigenvalue weighted by Gasteiger charge is -2.58. The molecule has 178 valence electrons. The molecule has 4 aliphatic rings. The standard InChI is InChI=1S/C27H47O3P/c1-18(2)7-6-8-19(3)23-11-12-24-22-10-9-20-17-21(30-31(28)29)13-15-26(20,4)25(22)14-16-27(23,24)5/h9,18-19,21-25,31H,6-8,10-17H2,1-5H3,(H,28,29)/t19-,21+,22+,23-,24+,25+,26+,27-/m1/s1. The maximum absolute atomic E-state index is 11.2. The fraction of sp³-hybridized carbons (Fsp3) is 0.926. The molecule has 0 bridgehead atoms. The van der Waals surface area contributed by atoms with Crippen molar-refractivity contribution >= 4 is 8.25 Å². The second-order valence-electron chi connectivity index (χ2n) is 12.5. The quantitative estimate of drug-likeness (QED) is 0.318. The highest BCUT2D eigenvalue weighted by atomic mass is 31.1. The molecule has 4 aliphatic carbocycles. The van der Waals surface area contributed by atoms with Crippen LogP contribution in [0.5, 0.6) is 0 Å². The van der Waals surface area contributed by atoms with E-state index < -0.39 is 8.25 Å². The van der Waals surface area contributed by atoms with E-state index in [1.54, 1.807) is 0 Å². The van der Waals surface area contributed by atoms with Crippen LogP contribution in [0.15, 0.2) is 11.6 Å². The molecule has 3 fully saturated rings. The summed E-state index contributed by atoms with van der Waals surface area (Å²) in [5.74, 6) is 5.14. The van der Waals surface area contributed by atoms with Crippen LogP contribution in [0.1, 0.15) is 105 Å². The Balaban J connectivity index is 1.47. The highest BCUT2D eigenvalue weighted by Gasteiger charge is 2.59. The Morgan fingerprint density at radius 1 is 1.10 bits per heavy atom. The van der Waals surface area contributed by atoms with Crippen LogP contribution in [0.3, 0.4) is 0 Å². The van der Waals surface area contributed by atoms with Crippen LogP contribution in [-0.2, 0) is 9.09 Å². The van der Waals surface area contributed by atoms with Crippen LogP contribution < -0.4 is 0 Å². The molecule has 0 aromatic heterocycles. The first-order valence-electron chi connectivity index (χ1n) is 13.2. The van der Waals surface area contributed by atoms with E-state index >= 15 is 0 Å². The molecule has 0 amide bonds. The average Bonchev–Trinajstić information content (AvgIpc) is 3.05. The van der Waals surface area contributed by atoms with Crippen molar-refractivity contribution in [2.45, 2.75) is 111 Å². The third-order valence-electron chi connectivity index (χ3n) is 10.5. The molecular weight excluding hydrogens is 403 g/mol. The molecule has 1 unspecified atom stereocenters. The van der Waals surface area contributed by atoms with E-state index in [1.165, 1.54) is 56.9 Å². The number of fused-ring (bicyclic) bond motifs is 5. The lowest BCUT2D eigenvalue weighted by molar-refractivity contribution is -0.0560. The maximum Gasteiger partial charge on any atom is 0.316 e. The summed E-state index contributed by atoms with van der Waals surface area (Å²) in [5, 5.41) is 0. The van der Waals surface area contributed by atoms with Crippen molar-refractivity contribution < 1.29 is 14.0 Å². The summed E-state index contributed by atoms with van der Waals surface area (Å²) >= 11 is 0. The molecule has 0 spiro atoms. The van der Waals surface area contributed by atoms with E-state index in [-0.39, 0.29) is 11.5 Å². The van der Waals surface area contributed by atoms with Crippen LogP contribution >= 0.6 is 8.25 Å². The molecule has 9 atom stereocenters. The van der Waals surface area contributed by atoms with Crippen LogP contribution in [0, 0.1) is 46.3 Å². The zero-order valence-electron chi connectivity index (χ0n) is 20.7. The van der Waals surface area contributed by atoms with Gasteiger partial charge in [-0.3, -0.25) is 4.57 Å². The molecule has 0 saturated heterocycles. The molecule has 4 rings (SSSR count). The number of rotatable bonds is 7. The van der Waals surface area contributed by atoms with Gasteiger partial charge in [0.15, 0.2) is 0 Å². The molecule has 1 N–H and O–H groups in total. The zero-order valence-corrected chi connectivity index (χ0v) is 21.7. The van der Waals surface area contributed by atoms with Gasteiger partial charge in [-0.25, -0.2) is 0 Å². The largest absolute Gasteiger partial charge is 0.326 e. The third kappa shape index (κ3) is 4.50. The first-order valence-corrected chi connectivity index (χ1v) is 14.5. The van der Waals surface area contributed by atoms with E-state index in [4.69, 9.17) is 4.52 Å². The predicted octanol–water partition coefficient (Wildman–Crippen LogP) is 7.80. The fourth-order valence-corrected chi connectivity index (χ4v) is 9.38. The smallest absolute Gasteiger partial charge is 0.316 e. The van der Waals surface area contributed by atoms with Gasteiger partial charge >= 0.3 is 8.25 Å². The van der Waals surface area contributed by atoms with Gasteiger partial charge in [-0.1, -0.05) is 65.5 Å². The lowest BCUT2D eigenvalue weighted by atomic mass is 9.47. The summed E-state index contributed by atoms with van der Waals surface area (Å²) in [5.41, 5.74) is 2.36. The van der Waals surface area contributed by atoms with Crippen molar-refractivity contribution in [1.29, 1.82) is 0 Å². The van der Waals surface area contributed by atoms with Gasteiger partial charge in [0.2, 0.25) is 0 Å². The minimum absolute atomic E-state index is 0.0522. The second-order valence-corrected chi connectivity index (χ2v) is 13.3. The molecule has 31 heavy (non-hydrogen) atoms. The molecule has 0 radical (unpaired) electrons. The summed E-state index contributed by atoms with van der Waals surface area (Å²) in [6, 6.07) is 0. The Hall–Kier alpha value is -0.110. The van der Waals surface area contributed by atoms with Crippen LogP contribution in [-0.4, -0.2) is 11.0 Å². The van der Waals surface area contributed by atoms with Gasteiger partial charge in [-0.05, 0) is 97.7 Å². The highest BCUT2D eigenvalue weighted by Crippen LogP contribution is 2.67. The maximum atomic E-state index is 11.2. The van der Waals surface area contributed by atoms with E-state index in [0.717, 1.165) is 54.8 Å². The normalized spacial score (nSPS) is 44.2. The molecule has 0 heterocycles. The van der Waals surface area contributed by atoms with Gasteiger partial charge in [0, 0.05) is 0 Å². The van der Waals surface area contributed by atoms with Gasteiger partial charge in [-0.15, -0.1) is 0 Å². The van der Waals surface area contributed by atoms with Crippen molar-refractivity contribution in [3.63, 3.8) is 0 Å². The predicted molar refractivity (Wildman–Crippen MR) is 129 cm³/mol. The molecule has 3 saturated carbocycles. The van der Waals surface area contributed by atoms with Crippen molar-refractivity contribution in [3.8, 4) is 0 Å². The van der Waals surface area contributed by atoms with Crippen LogP contribution in [0.2, 0.25) is 0 Å². The number of hydrogen-bond donors (Lipinski definition) is 1. The summed E-state index contributed by atoms with van der Waals surface area (Å²) in [7, 11) is -2.84. The molecule has 4 heteroatoms. The summed E-state index contributed by atoms with van der Waals surface area (Å²) < 4.78 is 16.6. The van der Waals surface area contributed by atoms with E-state index in [9.17, 15) is 9.46 Å². The summed E-state index contributed by atoms with van der Waals surface area (Å²) in [6.45, 7) is 12.4. The van der Waals surface area contributed by atoms with Gasteiger partial charge < -0.3 is 9.42 Å². The topological polar surface area (TPSA) is 46.5 Å². The molecule has 3 nitrogen and oxygen atoms in total. The Morgan fingerprint density at radius 2 is 1.87 bits per heavy atom. The monoisotopic (exact) mass is 450 g/mol. The SMILES string of the molecule is CC(C)CCC[C@@H](C)[C@H]1CC[C@H]2[C@@H]3CC=C4C[C@@H](O[PH](=O)O)CC[C@]4(C)[C@H]3CC[C@]12C. The van der Waals surface area contributed by atoms with Crippen LogP contribution in [0.4, 0.5) is 0 Å². The van der Waals surface area contributed by atoms with Crippen molar-refractivity contribution in [2.24, 2.45) is 46.3 Å².